The molecule has 1 N–H and O–H groups in total. The van der Waals surface area contributed by atoms with Crippen molar-refractivity contribution in [2.24, 2.45) is 22.4 Å². The number of hydrazone groups is 1. The number of benzene rings is 1. The van der Waals surface area contributed by atoms with Crippen LogP contribution >= 0.6 is 0 Å². The minimum absolute atomic E-state index is 0.187. The van der Waals surface area contributed by atoms with Crippen LogP contribution in [0.25, 0.3) is 0 Å². The number of amidine groups is 1. The largest absolute Gasteiger partial charge is 0.393 e. The Hall–Kier alpha value is -2.59. The Balaban J connectivity index is 1.09. The zero-order valence-electron chi connectivity index (χ0n) is 22.2. The molecule has 3 heterocycles. The first-order chi connectivity index (χ1) is 17.9. The summed E-state index contributed by atoms with van der Waals surface area (Å²) in [6, 6.07) is 8.84. The number of anilines is 1. The molecule has 2 saturated heterocycles. The van der Waals surface area contributed by atoms with Gasteiger partial charge in [-0.05, 0) is 93.4 Å². The van der Waals surface area contributed by atoms with Crippen LogP contribution in [0.4, 0.5) is 5.69 Å². The van der Waals surface area contributed by atoms with Crippen molar-refractivity contribution < 1.29 is 9.90 Å². The van der Waals surface area contributed by atoms with E-state index < -0.39 is 0 Å². The van der Waals surface area contributed by atoms with Gasteiger partial charge >= 0.3 is 0 Å². The molecular formula is C30H41N5O2. The Labute approximate surface area is 221 Å². The Morgan fingerprint density at radius 2 is 1.78 bits per heavy atom. The van der Waals surface area contributed by atoms with E-state index in [9.17, 15) is 15.2 Å². The highest BCUT2D eigenvalue weighted by atomic mass is 16.3. The molecule has 1 unspecified atom stereocenters. The van der Waals surface area contributed by atoms with E-state index in [4.69, 9.17) is 5.10 Å². The van der Waals surface area contributed by atoms with Gasteiger partial charge in [0.1, 0.15) is 5.84 Å². The van der Waals surface area contributed by atoms with Crippen molar-refractivity contribution in [2.45, 2.75) is 89.7 Å². The van der Waals surface area contributed by atoms with Gasteiger partial charge in [0, 0.05) is 38.5 Å². The summed E-state index contributed by atoms with van der Waals surface area (Å²) in [5, 5.41) is 26.6. The summed E-state index contributed by atoms with van der Waals surface area (Å²) < 4.78 is 0. The monoisotopic (exact) mass is 503 g/mol. The number of hydrogen-bond donors (Lipinski definition) is 1. The lowest BCUT2D eigenvalue weighted by Crippen LogP contribution is -2.53. The lowest BCUT2D eigenvalue weighted by Gasteiger charge is -2.53. The van der Waals surface area contributed by atoms with E-state index in [1.165, 1.54) is 31.5 Å². The smallest absolute Gasteiger partial charge is 0.225 e. The van der Waals surface area contributed by atoms with Gasteiger partial charge in [0.15, 0.2) is 0 Å². The first-order valence-corrected chi connectivity index (χ1v) is 14.5. The molecule has 5 aliphatic rings. The van der Waals surface area contributed by atoms with E-state index in [0.29, 0.717) is 36.4 Å². The van der Waals surface area contributed by atoms with Crippen LogP contribution in [0.2, 0.25) is 0 Å². The number of aryl methyl sites for hydroxylation is 1. The highest BCUT2D eigenvalue weighted by molar-refractivity contribution is 5.87. The molecule has 1 amide bonds. The molecule has 7 heteroatoms. The van der Waals surface area contributed by atoms with Crippen LogP contribution in [0.15, 0.2) is 23.3 Å². The second kappa shape index (κ2) is 9.94. The highest BCUT2D eigenvalue weighted by Crippen LogP contribution is 2.53. The standard InChI is InChI=1S/C30H41N5O2/c1-21-16-25(7-6-23(21)20-31)35-27(22-4-2-3-5-22)17-28(32-35)33-14-10-30(11-15-33)18-24(19-30)29(37)34-12-8-26(36)9-13-34/h6-7,16,22,24,26-27,36H,2-5,8-15,17-19H2,1H3. The van der Waals surface area contributed by atoms with E-state index in [1.807, 2.05) is 17.9 Å². The molecule has 1 atom stereocenters. The molecule has 37 heavy (non-hydrogen) atoms. The van der Waals surface area contributed by atoms with Gasteiger partial charge in [-0.15, -0.1) is 0 Å². The maximum absolute atomic E-state index is 13.0. The Kier molecular flexibility index (Phi) is 6.65. The average Bonchev–Trinajstić information content (AvgIpc) is 3.58. The second-order valence-corrected chi connectivity index (χ2v) is 12.4. The summed E-state index contributed by atoms with van der Waals surface area (Å²) in [5.74, 6) is 2.43. The third-order valence-corrected chi connectivity index (χ3v) is 10.1. The first kappa shape index (κ1) is 24.7. The molecule has 2 aliphatic carbocycles. The van der Waals surface area contributed by atoms with Crippen molar-refractivity contribution in [1.29, 1.82) is 5.26 Å². The average molecular weight is 504 g/mol. The third kappa shape index (κ3) is 4.74. The van der Waals surface area contributed by atoms with Crippen molar-refractivity contribution in [3.63, 3.8) is 0 Å². The normalized spacial score (nSPS) is 26.9. The highest BCUT2D eigenvalue weighted by Gasteiger charge is 2.50. The fraction of sp³-hybridized carbons (Fsp3) is 0.700. The fourth-order valence-electron chi connectivity index (χ4n) is 7.73. The van der Waals surface area contributed by atoms with Gasteiger partial charge in [0.25, 0.3) is 0 Å². The van der Waals surface area contributed by atoms with Crippen molar-refractivity contribution in [3.8, 4) is 6.07 Å². The Morgan fingerprint density at radius 1 is 1.08 bits per heavy atom. The molecule has 198 valence electrons. The number of nitriles is 1. The Bertz CT molecular complexity index is 1080. The second-order valence-electron chi connectivity index (χ2n) is 12.4. The molecule has 0 aromatic heterocycles. The number of aliphatic hydroxyl groups is 1. The SMILES string of the molecule is Cc1cc(N2N=C(N3CCC4(CC3)CC(C(=O)N3CCC(O)CC3)C4)CC2C2CCCC2)ccc1C#N. The summed E-state index contributed by atoms with van der Waals surface area (Å²) in [6.45, 7) is 5.52. The van der Waals surface area contributed by atoms with Gasteiger partial charge in [-0.3, -0.25) is 9.80 Å². The van der Waals surface area contributed by atoms with Crippen molar-refractivity contribution in [2.75, 3.05) is 31.2 Å². The third-order valence-electron chi connectivity index (χ3n) is 10.1. The van der Waals surface area contributed by atoms with Gasteiger partial charge in [-0.25, -0.2) is 0 Å². The van der Waals surface area contributed by atoms with Gasteiger partial charge in [0.05, 0.1) is 29.5 Å². The summed E-state index contributed by atoms with van der Waals surface area (Å²) in [4.78, 5) is 17.5. The minimum Gasteiger partial charge on any atom is -0.393 e. The van der Waals surface area contributed by atoms with Gasteiger partial charge < -0.3 is 14.9 Å². The van der Waals surface area contributed by atoms with Crippen LogP contribution in [-0.2, 0) is 4.79 Å². The van der Waals surface area contributed by atoms with Gasteiger partial charge in [-0.2, -0.15) is 10.4 Å². The fourth-order valence-corrected chi connectivity index (χ4v) is 7.73. The topological polar surface area (TPSA) is 83.2 Å². The predicted molar refractivity (Wildman–Crippen MR) is 144 cm³/mol. The molecule has 2 saturated carbocycles. The van der Waals surface area contributed by atoms with E-state index in [-0.39, 0.29) is 12.0 Å². The molecule has 1 spiro atoms. The van der Waals surface area contributed by atoms with Crippen molar-refractivity contribution in [1.82, 2.24) is 9.80 Å². The molecule has 4 fully saturated rings. The quantitative estimate of drug-likeness (QED) is 0.660. The molecule has 1 aromatic carbocycles. The van der Waals surface area contributed by atoms with Crippen molar-refractivity contribution in [3.05, 3.63) is 29.3 Å². The maximum Gasteiger partial charge on any atom is 0.225 e. The molecule has 6 rings (SSSR count). The molecular weight excluding hydrogens is 462 g/mol. The number of hydrogen-bond acceptors (Lipinski definition) is 6. The number of aliphatic hydroxyl groups excluding tert-OH is 1. The summed E-state index contributed by atoms with van der Waals surface area (Å²) >= 11 is 0. The van der Waals surface area contributed by atoms with E-state index in [2.05, 4.69) is 28.1 Å². The molecule has 1 aromatic rings. The summed E-state index contributed by atoms with van der Waals surface area (Å²) in [7, 11) is 0. The predicted octanol–water partition coefficient (Wildman–Crippen LogP) is 4.42. The number of nitrogens with zero attached hydrogens (tertiary/aromatic N) is 5. The van der Waals surface area contributed by atoms with E-state index in [1.54, 1.807) is 0 Å². The zero-order chi connectivity index (χ0) is 25.6. The number of piperidine rings is 2. The van der Waals surface area contributed by atoms with E-state index >= 15 is 0 Å². The number of carbonyl (C=O) groups excluding carboxylic acids is 1. The lowest BCUT2D eigenvalue weighted by molar-refractivity contribution is -0.147. The van der Waals surface area contributed by atoms with Crippen LogP contribution in [0.3, 0.4) is 0 Å². The minimum atomic E-state index is -0.232. The number of carbonyl (C=O) groups is 1. The van der Waals surface area contributed by atoms with Crippen LogP contribution in [-0.4, -0.2) is 65.0 Å². The van der Waals surface area contributed by atoms with E-state index in [0.717, 1.165) is 74.8 Å². The summed E-state index contributed by atoms with van der Waals surface area (Å²) in [5.41, 5.74) is 3.20. The lowest BCUT2D eigenvalue weighted by atomic mass is 9.57. The molecule has 3 aliphatic heterocycles. The maximum atomic E-state index is 13.0. The van der Waals surface area contributed by atoms with Crippen LogP contribution in [0.1, 0.15) is 81.8 Å². The number of likely N-dealkylation sites (tertiary alicyclic amines) is 2. The molecule has 0 bridgehead atoms. The van der Waals surface area contributed by atoms with Crippen molar-refractivity contribution >= 4 is 17.4 Å². The zero-order valence-corrected chi connectivity index (χ0v) is 22.2. The van der Waals surface area contributed by atoms with Gasteiger partial charge in [-0.1, -0.05) is 12.8 Å². The van der Waals surface area contributed by atoms with Crippen LogP contribution in [0, 0.1) is 35.5 Å². The van der Waals surface area contributed by atoms with Crippen LogP contribution < -0.4 is 5.01 Å². The van der Waals surface area contributed by atoms with Gasteiger partial charge in [0.2, 0.25) is 5.91 Å². The Morgan fingerprint density at radius 3 is 2.43 bits per heavy atom. The molecule has 0 radical (unpaired) electrons. The van der Waals surface area contributed by atoms with Crippen LogP contribution in [0.5, 0.6) is 0 Å². The number of amides is 1. The molecule has 7 nitrogen and oxygen atoms in total. The summed E-state index contributed by atoms with van der Waals surface area (Å²) in [6.07, 6.45) is 11.8. The first-order valence-electron chi connectivity index (χ1n) is 14.5. The number of rotatable bonds is 3.